The van der Waals surface area contributed by atoms with Crippen LogP contribution in [0.1, 0.15) is 19.4 Å². The molecule has 1 heterocycles. The topological polar surface area (TPSA) is 103 Å². The lowest BCUT2D eigenvalue weighted by Gasteiger charge is -2.15. The minimum atomic E-state index is -3.93. The minimum absolute atomic E-state index is 0.0280. The van der Waals surface area contributed by atoms with Gasteiger partial charge in [-0.2, -0.15) is 0 Å². The molecule has 0 bridgehead atoms. The summed E-state index contributed by atoms with van der Waals surface area (Å²) in [6.07, 6.45) is 0. The molecular weight excluding hydrogens is 396 g/mol. The second-order valence-electron chi connectivity index (χ2n) is 6.56. The van der Waals surface area contributed by atoms with Crippen LogP contribution >= 0.6 is 0 Å². The standard InChI is InChI=1S/C20H22N2O6S/c1-11(2)18-14-10-13(6-7-15(14)21-20(18)23)29(24,25)22-12-8-16(26-3)19(28-5)17(9-12)27-4/h6-10,22H,1-5H3,(H,21,23). The van der Waals surface area contributed by atoms with Gasteiger partial charge in [-0.25, -0.2) is 8.42 Å². The summed E-state index contributed by atoms with van der Waals surface area (Å²) in [6.45, 7) is 3.61. The molecule has 8 nitrogen and oxygen atoms in total. The molecule has 29 heavy (non-hydrogen) atoms. The zero-order chi connectivity index (χ0) is 21.3. The number of amides is 1. The lowest BCUT2D eigenvalue weighted by molar-refractivity contribution is -0.110. The molecule has 0 aromatic heterocycles. The zero-order valence-electron chi connectivity index (χ0n) is 16.7. The molecule has 154 valence electrons. The van der Waals surface area contributed by atoms with E-state index < -0.39 is 10.0 Å². The van der Waals surface area contributed by atoms with Crippen LogP contribution in [0.4, 0.5) is 11.4 Å². The van der Waals surface area contributed by atoms with Crippen LogP contribution < -0.4 is 24.2 Å². The monoisotopic (exact) mass is 418 g/mol. The van der Waals surface area contributed by atoms with Crippen molar-refractivity contribution in [2.45, 2.75) is 18.7 Å². The minimum Gasteiger partial charge on any atom is -0.493 e. The van der Waals surface area contributed by atoms with E-state index in [1.54, 1.807) is 19.9 Å². The maximum absolute atomic E-state index is 13.0. The van der Waals surface area contributed by atoms with E-state index in [1.165, 1.54) is 45.6 Å². The van der Waals surface area contributed by atoms with Gasteiger partial charge in [-0.1, -0.05) is 5.57 Å². The van der Waals surface area contributed by atoms with Gasteiger partial charge in [-0.15, -0.1) is 0 Å². The number of sulfonamides is 1. The van der Waals surface area contributed by atoms with Gasteiger partial charge >= 0.3 is 0 Å². The Kier molecular flexibility index (Phi) is 5.43. The third kappa shape index (κ3) is 3.73. The summed E-state index contributed by atoms with van der Waals surface area (Å²) in [4.78, 5) is 12.2. The maximum Gasteiger partial charge on any atom is 0.261 e. The highest BCUT2D eigenvalue weighted by atomic mass is 32.2. The summed E-state index contributed by atoms with van der Waals surface area (Å²) in [7, 11) is 0.419. The van der Waals surface area contributed by atoms with Crippen molar-refractivity contribution in [3.63, 3.8) is 0 Å². The van der Waals surface area contributed by atoms with Gasteiger partial charge in [0, 0.05) is 29.0 Å². The third-order valence-electron chi connectivity index (χ3n) is 4.46. The summed E-state index contributed by atoms with van der Waals surface area (Å²) >= 11 is 0. The Bertz CT molecular complexity index is 1090. The number of fused-ring (bicyclic) bond motifs is 1. The molecule has 0 saturated carbocycles. The molecule has 0 atom stereocenters. The van der Waals surface area contributed by atoms with E-state index in [1.807, 2.05) is 0 Å². The fraction of sp³-hybridized carbons (Fsp3) is 0.250. The van der Waals surface area contributed by atoms with Crippen molar-refractivity contribution in [3.05, 3.63) is 41.5 Å². The first kappa shape index (κ1) is 20.5. The van der Waals surface area contributed by atoms with E-state index in [0.29, 0.717) is 34.1 Å². The maximum atomic E-state index is 13.0. The van der Waals surface area contributed by atoms with Crippen molar-refractivity contribution in [3.8, 4) is 17.2 Å². The number of carbonyl (C=O) groups is 1. The zero-order valence-corrected chi connectivity index (χ0v) is 17.6. The predicted molar refractivity (Wildman–Crippen MR) is 110 cm³/mol. The van der Waals surface area contributed by atoms with Gasteiger partial charge in [0.25, 0.3) is 15.9 Å². The van der Waals surface area contributed by atoms with Crippen molar-refractivity contribution in [1.82, 2.24) is 0 Å². The van der Waals surface area contributed by atoms with Gasteiger partial charge in [-0.05, 0) is 32.0 Å². The van der Waals surface area contributed by atoms with Crippen LogP contribution in [0.15, 0.2) is 40.8 Å². The molecule has 0 aliphatic carbocycles. The van der Waals surface area contributed by atoms with Crippen LogP contribution in [0.3, 0.4) is 0 Å². The highest BCUT2D eigenvalue weighted by molar-refractivity contribution is 7.92. The highest BCUT2D eigenvalue weighted by Gasteiger charge is 2.27. The number of allylic oxidation sites excluding steroid dienone is 1. The SMILES string of the molecule is COc1cc(NS(=O)(=O)c2ccc3c(c2)C(=C(C)C)C(=O)N3)cc(OC)c1OC. The third-order valence-corrected chi connectivity index (χ3v) is 5.84. The Hall–Kier alpha value is -3.20. The van der Waals surface area contributed by atoms with Crippen molar-refractivity contribution in [1.29, 1.82) is 0 Å². The lowest BCUT2D eigenvalue weighted by atomic mass is 10.0. The second-order valence-corrected chi connectivity index (χ2v) is 8.24. The van der Waals surface area contributed by atoms with Crippen LogP contribution in [0.2, 0.25) is 0 Å². The Morgan fingerprint density at radius 3 is 2.10 bits per heavy atom. The van der Waals surface area contributed by atoms with Crippen molar-refractivity contribution < 1.29 is 27.4 Å². The molecular formula is C20H22N2O6S. The first-order valence-corrected chi connectivity index (χ1v) is 10.2. The second kappa shape index (κ2) is 7.67. The summed E-state index contributed by atoms with van der Waals surface area (Å²) in [5, 5.41) is 2.74. The van der Waals surface area contributed by atoms with Crippen molar-refractivity contribution in [2.24, 2.45) is 0 Å². The number of carbonyl (C=O) groups excluding carboxylic acids is 1. The summed E-state index contributed by atoms with van der Waals surface area (Å²) in [6, 6.07) is 7.49. The fourth-order valence-electron chi connectivity index (χ4n) is 3.16. The molecule has 3 rings (SSSR count). The van der Waals surface area contributed by atoms with E-state index in [9.17, 15) is 13.2 Å². The molecule has 2 N–H and O–H groups in total. The molecule has 1 aliphatic heterocycles. The summed E-state index contributed by atoms with van der Waals surface area (Å²) in [5.74, 6) is 0.751. The van der Waals surface area contributed by atoms with Gasteiger partial charge in [-0.3, -0.25) is 9.52 Å². The molecule has 0 unspecified atom stereocenters. The molecule has 0 radical (unpaired) electrons. The predicted octanol–water partition coefficient (Wildman–Crippen LogP) is 3.26. The van der Waals surface area contributed by atoms with E-state index in [-0.39, 0.29) is 16.5 Å². The number of methoxy groups -OCH3 is 3. The van der Waals surface area contributed by atoms with Crippen LogP contribution in [0.5, 0.6) is 17.2 Å². The summed E-state index contributed by atoms with van der Waals surface area (Å²) < 4.78 is 44.2. The van der Waals surface area contributed by atoms with Gasteiger partial charge in [0.05, 0.1) is 31.9 Å². The number of hydrogen-bond donors (Lipinski definition) is 2. The lowest BCUT2D eigenvalue weighted by Crippen LogP contribution is -2.13. The van der Waals surface area contributed by atoms with Gasteiger partial charge < -0.3 is 19.5 Å². The molecule has 2 aromatic rings. The average molecular weight is 418 g/mol. The van der Waals surface area contributed by atoms with Crippen LogP contribution in [0, 0.1) is 0 Å². The summed E-state index contributed by atoms with van der Waals surface area (Å²) in [5.41, 5.74) is 2.66. The molecule has 2 aromatic carbocycles. The molecule has 0 fully saturated rings. The first-order chi connectivity index (χ1) is 13.7. The number of anilines is 2. The van der Waals surface area contributed by atoms with Crippen molar-refractivity contribution in [2.75, 3.05) is 31.4 Å². The molecule has 1 amide bonds. The number of hydrogen-bond acceptors (Lipinski definition) is 6. The van der Waals surface area contributed by atoms with E-state index in [2.05, 4.69) is 10.0 Å². The number of nitrogens with one attached hydrogen (secondary N) is 2. The Morgan fingerprint density at radius 1 is 0.966 bits per heavy atom. The average Bonchev–Trinajstić information content (AvgIpc) is 3.01. The smallest absolute Gasteiger partial charge is 0.261 e. The van der Waals surface area contributed by atoms with Crippen LogP contribution in [-0.2, 0) is 14.8 Å². The molecule has 0 spiro atoms. The van der Waals surface area contributed by atoms with Gasteiger partial charge in [0.1, 0.15) is 0 Å². The molecule has 0 saturated heterocycles. The van der Waals surface area contributed by atoms with E-state index in [4.69, 9.17) is 14.2 Å². The van der Waals surface area contributed by atoms with Crippen LogP contribution in [0.25, 0.3) is 5.57 Å². The molecule has 1 aliphatic rings. The van der Waals surface area contributed by atoms with Gasteiger partial charge in [0.2, 0.25) is 5.75 Å². The normalized spacial score (nSPS) is 12.9. The Morgan fingerprint density at radius 2 is 1.59 bits per heavy atom. The number of rotatable bonds is 6. The van der Waals surface area contributed by atoms with Crippen LogP contribution in [-0.4, -0.2) is 35.7 Å². The fourth-order valence-corrected chi connectivity index (χ4v) is 4.23. The Labute approximate surface area is 169 Å². The van der Waals surface area contributed by atoms with E-state index in [0.717, 1.165) is 5.57 Å². The molecule has 9 heteroatoms. The first-order valence-electron chi connectivity index (χ1n) is 8.68. The largest absolute Gasteiger partial charge is 0.493 e. The quantitative estimate of drug-likeness (QED) is 0.698. The number of ether oxygens (including phenoxy) is 3. The number of benzene rings is 2. The van der Waals surface area contributed by atoms with Gasteiger partial charge in [0.15, 0.2) is 11.5 Å². The highest BCUT2D eigenvalue weighted by Crippen LogP contribution is 2.41. The van der Waals surface area contributed by atoms with Crippen molar-refractivity contribution >= 4 is 32.9 Å². The van der Waals surface area contributed by atoms with E-state index >= 15 is 0 Å². The Balaban J connectivity index is 2.02.